The van der Waals surface area contributed by atoms with E-state index >= 15 is 0 Å². The van der Waals surface area contributed by atoms with Gasteiger partial charge in [0.1, 0.15) is 11.9 Å². The van der Waals surface area contributed by atoms with E-state index in [0.29, 0.717) is 12.8 Å². The molecule has 0 spiro atoms. The lowest BCUT2D eigenvalue weighted by molar-refractivity contribution is -0.131. The standard InChI is InChI=1S/C16H22FN3O4S/c1-11(2)10-15(21)18-19-16(22)14-4-3-9-20(14)25(23,24)13-7-5-12(17)6-8-13/h5-8,11,14H,3-4,9-10H2,1-2H3,(H,18,21)(H,19,22)/t14-/m0/s1. The lowest BCUT2D eigenvalue weighted by Gasteiger charge is -2.23. The van der Waals surface area contributed by atoms with Crippen molar-refractivity contribution in [2.24, 2.45) is 5.92 Å². The Bertz CT molecular complexity index is 734. The number of hydrogen-bond acceptors (Lipinski definition) is 4. The Morgan fingerprint density at radius 1 is 1.24 bits per heavy atom. The quantitative estimate of drug-likeness (QED) is 0.760. The molecule has 2 rings (SSSR count). The number of hydrogen-bond donors (Lipinski definition) is 2. The van der Waals surface area contributed by atoms with Crippen LogP contribution in [0.25, 0.3) is 0 Å². The maximum atomic E-state index is 13.0. The second-order valence-corrected chi connectivity index (χ2v) is 8.25. The van der Waals surface area contributed by atoms with Crippen molar-refractivity contribution in [1.29, 1.82) is 0 Å². The van der Waals surface area contributed by atoms with Gasteiger partial charge in [-0.25, -0.2) is 12.8 Å². The number of rotatable bonds is 5. The SMILES string of the molecule is CC(C)CC(=O)NNC(=O)[C@@H]1CCCN1S(=O)(=O)c1ccc(F)cc1. The number of nitrogens with one attached hydrogen (secondary N) is 2. The van der Waals surface area contributed by atoms with Crippen molar-refractivity contribution in [1.82, 2.24) is 15.2 Å². The van der Waals surface area contributed by atoms with Crippen LogP contribution in [0.4, 0.5) is 4.39 Å². The molecule has 0 aromatic heterocycles. The molecule has 1 fully saturated rings. The van der Waals surface area contributed by atoms with Crippen LogP contribution < -0.4 is 10.9 Å². The normalized spacial score (nSPS) is 18.3. The summed E-state index contributed by atoms with van der Waals surface area (Å²) in [5, 5.41) is 0. The van der Waals surface area contributed by atoms with E-state index in [2.05, 4.69) is 10.9 Å². The molecule has 0 unspecified atom stereocenters. The Kier molecular flexibility index (Phi) is 6.12. The van der Waals surface area contributed by atoms with Gasteiger partial charge in [-0.2, -0.15) is 4.31 Å². The number of amides is 2. The van der Waals surface area contributed by atoms with Gasteiger partial charge in [0.2, 0.25) is 15.9 Å². The summed E-state index contributed by atoms with van der Waals surface area (Å²) in [6, 6.07) is 3.55. The lowest BCUT2D eigenvalue weighted by atomic mass is 10.1. The Morgan fingerprint density at radius 2 is 1.88 bits per heavy atom. The molecule has 1 aromatic carbocycles. The fourth-order valence-electron chi connectivity index (χ4n) is 2.67. The first-order chi connectivity index (χ1) is 11.7. The number of hydrazine groups is 1. The third kappa shape index (κ3) is 4.76. The summed E-state index contributed by atoms with van der Waals surface area (Å²) >= 11 is 0. The predicted molar refractivity (Wildman–Crippen MR) is 89.1 cm³/mol. The van der Waals surface area contributed by atoms with E-state index in [1.807, 2.05) is 13.8 Å². The van der Waals surface area contributed by atoms with Gasteiger partial charge in [0.05, 0.1) is 4.90 Å². The molecule has 1 aromatic rings. The molecule has 1 atom stereocenters. The third-order valence-corrected chi connectivity index (χ3v) is 5.77. The van der Waals surface area contributed by atoms with Gasteiger partial charge < -0.3 is 0 Å². The second-order valence-electron chi connectivity index (χ2n) is 6.36. The summed E-state index contributed by atoms with van der Waals surface area (Å²) < 4.78 is 39.5. The first-order valence-electron chi connectivity index (χ1n) is 8.08. The average molecular weight is 371 g/mol. The zero-order chi connectivity index (χ0) is 18.6. The summed E-state index contributed by atoms with van der Waals surface area (Å²) in [6.45, 7) is 3.93. The van der Waals surface area contributed by atoms with Gasteiger partial charge in [0, 0.05) is 13.0 Å². The van der Waals surface area contributed by atoms with Crippen LogP contribution in [0.2, 0.25) is 0 Å². The smallest absolute Gasteiger partial charge is 0.256 e. The van der Waals surface area contributed by atoms with Gasteiger partial charge in [-0.3, -0.25) is 20.4 Å². The topological polar surface area (TPSA) is 95.6 Å². The molecule has 2 amide bonds. The number of nitrogens with zero attached hydrogens (tertiary/aromatic N) is 1. The van der Waals surface area contributed by atoms with Crippen molar-refractivity contribution in [3.63, 3.8) is 0 Å². The van der Waals surface area contributed by atoms with Crippen LogP contribution in [-0.4, -0.2) is 37.1 Å². The number of benzene rings is 1. The van der Waals surface area contributed by atoms with E-state index in [1.165, 1.54) is 12.1 Å². The first-order valence-corrected chi connectivity index (χ1v) is 9.52. The van der Waals surface area contributed by atoms with Crippen molar-refractivity contribution in [2.75, 3.05) is 6.54 Å². The van der Waals surface area contributed by atoms with Gasteiger partial charge in [-0.1, -0.05) is 13.8 Å². The second kappa shape index (κ2) is 7.92. The molecule has 0 radical (unpaired) electrons. The molecular weight excluding hydrogens is 349 g/mol. The molecule has 0 bridgehead atoms. The van der Waals surface area contributed by atoms with Crippen molar-refractivity contribution in [3.8, 4) is 0 Å². The molecule has 0 saturated carbocycles. The van der Waals surface area contributed by atoms with Crippen molar-refractivity contribution >= 4 is 21.8 Å². The van der Waals surface area contributed by atoms with Crippen molar-refractivity contribution < 1.29 is 22.4 Å². The van der Waals surface area contributed by atoms with Crippen LogP contribution in [0.5, 0.6) is 0 Å². The van der Waals surface area contributed by atoms with E-state index in [0.717, 1.165) is 16.4 Å². The van der Waals surface area contributed by atoms with Crippen LogP contribution in [0, 0.1) is 11.7 Å². The minimum atomic E-state index is -3.91. The highest BCUT2D eigenvalue weighted by molar-refractivity contribution is 7.89. The highest BCUT2D eigenvalue weighted by atomic mass is 32.2. The van der Waals surface area contributed by atoms with Crippen LogP contribution in [0.3, 0.4) is 0 Å². The Labute approximate surface area is 146 Å². The van der Waals surface area contributed by atoms with Crippen molar-refractivity contribution in [3.05, 3.63) is 30.1 Å². The van der Waals surface area contributed by atoms with E-state index in [-0.39, 0.29) is 29.7 Å². The fourth-order valence-corrected chi connectivity index (χ4v) is 4.32. The van der Waals surface area contributed by atoms with E-state index in [1.54, 1.807) is 0 Å². The highest BCUT2D eigenvalue weighted by Gasteiger charge is 2.39. The molecule has 1 saturated heterocycles. The monoisotopic (exact) mass is 371 g/mol. The van der Waals surface area contributed by atoms with Crippen LogP contribution >= 0.6 is 0 Å². The molecule has 138 valence electrons. The van der Waals surface area contributed by atoms with E-state index in [4.69, 9.17) is 0 Å². The number of halogens is 1. The Morgan fingerprint density at radius 3 is 2.48 bits per heavy atom. The minimum Gasteiger partial charge on any atom is -0.273 e. The van der Waals surface area contributed by atoms with Gasteiger partial charge in [0.15, 0.2) is 0 Å². The van der Waals surface area contributed by atoms with Crippen LogP contribution in [0.15, 0.2) is 29.2 Å². The van der Waals surface area contributed by atoms with E-state index < -0.39 is 27.8 Å². The molecule has 1 aliphatic heterocycles. The van der Waals surface area contributed by atoms with E-state index in [9.17, 15) is 22.4 Å². The average Bonchev–Trinajstić information content (AvgIpc) is 3.03. The van der Waals surface area contributed by atoms with Gasteiger partial charge in [-0.15, -0.1) is 0 Å². The maximum absolute atomic E-state index is 13.0. The number of carbonyl (C=O) groups excluding carboxylic acids is 2. The Hall–Kier alpha value is -2.00. The predicted octanol–water partition coefficient (Wildman–Crippen LogP) is 1.17. The summed E-state index contributed by atoms with van der Waals surface area (Å²) in [5.74, 6) is -1.32. The largest absolute Gasteiger partial charge is 0.273 e. The van der Waals surface area contributed by atoms with Crippen LogP contribution in [-0.2, 0) is 19.6 Å². The van der Waals surface area contributed by atoms with Crippen LogP contribution in [0.1, 0.15) is 33.1 Å². The van der Waals surface area contributed by atoms with Crippen molar-refractivity contribution in [2.45, 2.75) is 44.0 Å². The zero-order valence-corrected chi connectivity index (χ0v) is 15.0. The summed E-state index contributed by atoms with van der Waals surface area (Å²) in [4.78, 5) is 23.8. The first kappa shape index (κ1) is 19.3. The van der Waals surface area contributed by atoms with Gasteiger partial charge in [0.25, 0.3) is 5.91 Å². The molecule has 0 aliphatic carbocycles. The fraction of sp³-hybridized carbons (Fsp3) is 0.500. The lowest BCUT2D eigenvalue weighted by Crippen LogP contribution is -2.51. The molecular formula is C16H22FN3O4S. The van der Waals surface area contributed by atoms with Gasteiger partial charge >= 0.3 is 0 Å². The summed E-state index contributed by atoms with van der Waals surface area (Å²) in [5.41, 5.74) is 4.59. The third-order valence-electron chi connectivity index (χ3n) is 3.85. The summed E-state index contributed by atoms with van der Waals surface area (Å²) in [6.07, 6.45) is 1.13. The van der Waals surface area contributed by atoms with Gasteiger partial charge in [-0.05, 0) is 43.0 Å². The molecule has 7 nitrogen and oxygen atoms in total. The zero-order valence-electron chi connectivity index (χ0n) is 14.2. The number of carbonyl (C=O) groups is 2. The molecule has 2 N–H and O–H groups in total. The minimum absolute atomic E-state index is 0.0718. The summed E-state index contributed by atoms with van der Waals surface area (Å²) in [7, 11) is -3.91. The highest BCUT2D eigenvalue weighted by Crippen LogP contribution is 2.26. The number of sulfonamides is 1. The molecule has 1 heterocycles. The molecule has 1 aliphatic rings. The molecule has 9 heteroatoms. The Balaban J connectivity index is 2.07. The molecule has 25 heavy (non-hydrogen) atoms. The maximum Gasteiger partial charge on any atom is 0.256 e.